The van der Waals surface area contributed by atoms with E-state index >= 15 is 0 Å². The minimum absolute atomic E-state index is 0.0462. The summed E-state index contributed by atoms with van der Waals surface area (Å²) in [5.74, 6) is -0.889. The minimum Gasteiger partial charge on any atom is -0.425 e. The number of carbonyl (C=O) groups excluding carboxylic acids is 2. The highest BCUT2D eigenvalue weighted by molar-refractivity contribution is 5.76. The third kappa shape index (κ3) is 2.54. The van der Waals surface area contributed by atoms with Crippen LogP contribution in [0.4, 0.5) is 0 Å². The molecule has 0 saturated carbocycles. The first-order valence-electron chi connectivity index (χ1n) is 6.77. The molecule has 0 aliphatic carbocycles. The molecule has 0 spiro atoms. The van der Waals surface area contributed by atoms with Crippen LogP contribution in [0.3, 0.4) is 0 Å². The lowest BCUT2D eigenvalue weighted by molar-refractivity contribution is -0.180. The number of cyclic esters (lactones) is 1. The van der Waals surface area contributed by atoms with Crippen LogP contribution in [0.5, 0.6) is 0 Å². The van der Waals surface area contributed by atoms with Gasteiger partial charge in [-0.05, 0) is 5.56 Å². The zero-order valence-electron chi connectivity index (χ0n) is 11.3. The fourth-order valence-corrected chi connectivity index (χ4v) is 2.97. The van der Waals surface area contributed by atoms with Crippen molar-refractivity contribution < 1.29 is 19.1 Å². The fraction of sp³-hybridized carbons (Fsp3) is 0.467. The van der Waals surface area contributed by atoms with Gasteiger partial charge in [0.1, 0.15) is 0 Å². The number of esters is 2. The molecule has 20 heavy (non-hydrogen) atoms. The third-order valence-electron chi connectivity index (χ3n) is 3.86. The number of ether oxygens (including phenoxy) is 2. The molecule has 2 aliphatic rings. The van der Waals surface area contributed by atoms with E-state index in [4.69, 9.17) is 9.47 Å². The van der Waals surface area contributed by atoms with Crippen molar-refractivity contribution >= 4 is 11.9 Å². The van der Waals surface area contributed by atoms with Crippen LogP contribution in [0, 0.1) is 11.8 Å². The summed E-state index contributed by atoms with van der Waals surface area (Å²) in [5.41, 5.74) is 1.21. The van der Waals surface area contributed by atoms with Crippen LogP contribution in [0.2, 0.25) is 0 Å². The van der Waals surface area contributed by atoms with Crippen molar-refractivity contribution in [1.82, 2.24) is 4.90 Å². The number of hydrogen-bond acceptors (Lipinski definition) is 5. The Kier molecular flexibility index (Phi) is 3.44. The highest BCUT2D eigenvalue weighted by atomic mass is 16.7. The molecule has 2 aliphatic heterocycles. The zero-order chi connectivity index (χ0) is 14.1. The SMILES string of the molecule is CC(=O)O[C@@H]1OC(=O)[C@H]2CN(Cc3ccccc3)C[C@@H]12. The summed E-state index contributed by atoms with van der Waals surface area (Å²) in [6.45, 7) is 3.51. The van der Waals surface area contributed by atoms with Gasteiger partial charge in [-0.3, -0.25) is 14.5 Å². The lowest BCUT2D eigenvalue weighted by Crippen LogP contribution is -2.29. The highest BCUT2D eigenvalue weighted by Gasteiger charge is 2.51. The van der Waals surface area contributed by atoms with Crippen LogP contribution < -0.4 is 0 Å². The average Bonchev–Trinajstić information content (AvgIpc) is 2.92. The molecule has 0 unspecified atom stereocenters. The Hall–Kier alpha value is -1.88. The van der Waals surface area contributed by atoms with Crippen LogP contribution in [0.1, 0.15) is 12.5 Å². The van der Waals surface area contributed by atoms with E-state index in [9.17, 15) is 9.59 Å². The molecule has 106 valence electrons. The summed E-state index contributed by atoms with van der Waals surface area (Å²) in [6.07, 6.45) is -0.717. The van der Waals surface area contributed by atoms with Crippen LogP contribution in [0.15, 0.2) is 30.3 Å². The summed E-state index contributed by atoms with van der Waals surface area (Å²) in [7, 11) is 0. The van der Waals surface area contributed by atoms with Crippen molar-refractivity contribution in [1.29, 1.82) is 0 Å². The Morgan fingerprint density at radius 3 is 2.80 bits per heavy atom. The number of fused-ring (bicyclic) bond motifs is 1. The average molecular weight is 275 g/mol. The number of carbonyl (C=O) groups is 2. The van der Waals surface area contributed by atoms with Crippen LogP contribution >= 0.6 is 0 Å². The molecule has 3 atom stereocenters. The van der Waals surface area contributed by atoms with Gasteiger partial charge in [0.05, 0.1) is 11.8 Å². The standard InChI is InChI=1S/C15H17NO4/c1-10(17)19-15-13-9-16(8-12(13)14(18)20-15)7-11-5-3-2-4-6-11/h2-6,12-13,15H,7-9H2,1H3/t12-,13+,15+/m0/s1. The lowest BCUT2D eigenvalue weighted by atomic mass is 9.99. The third-order valence-corrected chi connectivity index (χ3v) is 3.86. The molecule has 0 amide bonds. The van der Waals surface area contributed by atoms with Crippen molar-refractivity contribution in [2.24, 2.45) is 11.8 Å². The molecule has 1 aromatic carbocycles. The van der Waals surface area contributed by atoms with Crippen molar-refractivity contribution in [3.63, 3.8) is 0 Å². The predicted molar refractivity (Wildman–Crippen MR) is 70.3 cm³/mol. The number of hydrogen-bond donors (Lipinski definition) is 0. The number of benzene rings is 1. The zero-order valence-corrected chi connectivity index (χ0v) is 11.3. The van der Waals surface area contributed by atoms with Crippen molar-refractivity contribution in [3.05, 3.63) is 35.9 Å². The van der Waals surface area contributed by atoms with Crippen LogP contribution in [-0.4, -0.2) is 36.2 Å². The van der Waals surface area contributed by atoms with E-state index in [1.807, 2.05) is 18.2 Å². The van der Waals surface area contributed by atoms with Gasteiger partial charge in [-0.15, -0.1) is 0 Å². The molecule has 2 fully saturated rings. The Morgan fingerprint density at radius 2 is 2.10 bits per heavy atom. The molecule has 2 heterocycles. The second kappa shape index (κ2) is 5.25. The first kappa shape index (κ1) is 13.1. The minimum atomic E-state index is -0.717. The molecular formula is C15H17NO4. The first-order valence-corrected chi connectivity index (χ1v) is 6.77. The van der Waals surface area contributed by atoms with E-state index in [-0.39, 0.29) is 17.8 Å². The van der Waals surface area contributed by atoms with Gasteiger partial charge in [-0.25, -0.2) is 0 Å². The molecule has 3 rings (SSSR count). The second-order valence-corrected chi connectivity index (χ2v) is 5.36. The summed E-state index contributed by atoms with van der Waals surface area (Å²) in [4.78, 5) is 25.1. The maximum absolute atomic E-state index is 11.8. The Balaban J connectivity index is 1.66. The molecule has 0 N–H and O–H groups in total. The molecule has 0 radical (unpaired) electrons. The van der Waals surface area contributed by atoms with Gasteiger partial charge >= 0.3 is 11.9 Å². The first-order chi connectivity index (χ1) is 9.63. The van der Waals surface area contributed by atoms with E-state index in [0.717, 1.165) is 6.54 Å². The quantitative estimate of drug-likeness (QED) is 0.775. The maximum atomic E-state index is 11.8. The lowest BCUT2D eigenvalue weighted by Gasteiger charge is -2.19. The van der Waals surface area contributed by atoms with Crippen LogP contribution in [0.25, 0.3) is 0 Å². The molecular weight excluding hydrogens is 258 g/mol. The van der Waals surface area contributed by atoms with Crippen molar-refractivity contribution in [2.75, 3.05) is 13.1 Å². The van der Waals surface area contributed by atoms with E-state index in [0.29, 0.717) is 13.1 Å². The monoisotopic (exact) mass is 275 g/mol. The number of likely N-dealkylation sites (tertiary alicyclic amines) is 1. The van der Waals surface area contributed by atoms with Gasteiger partial charge < -0.3 is 9.47 Å². The molecule has 1 aromatic rings. The van der Waals surface area contributed by atoms with Gasteiger partial charge in [-0.2, -0.15) is 0 Å². The Labute approximate surface area is 117 Å². The summed E-state index contributed by atoms with van der Waals surface area (Å²) >= 11 is 0. The van der Waals surface area contributed by atoms with Crippen molar-refractivity contribution in [3.8, 4) is 0 Å². The van der Waals surface area contributed by atoms with Gasteiger partial charge in [0.15, 0.2) is 0 Å². The van der Waals surface area contributed by atoms with Crippen molar-refractivity contribution in [2.45, 2.75) is 19.8 Å². The molecule has 2 saturated heterocycles. The molecule has 0 aromatic heterocycles. The topological polar surface area (TPSA) is 55.8 Å². The highest BCUT2D eigenvalue weighted by Crippen LogP contribution is 2.36. The fourth-order valence-electron chi connectivity index (χ4n) is 2.97. The van der Waals surface area contributed by atoms with E-state index in [2.05, 4.69) is 17.0 Å². The van der Waals surface area contributed by atoms with Gasteiger partial charge in [0.25, 0.3) is 6.29 Å². The van der Waals surface area contributed by atoms with E-state index < -0.39 is 12.3 Å². The maximum Gasteiger partial charge on any atom is 0.313 e. The molecule has 5 heteroatoms. The van der Waals surface area contributed by atoms with Gasteiger partial charge in [-0.1, -0.05) is 30.3 Å². The van der Waals surface area contributed by atoms with E-state index in [1.54, 1.807) is 0 Å². The Morgan fingerprint density at radius 1 is 1.35 bits per heavy atom. The number of nitrogens with zero attached hydrogens (tertiary/aromatic N) is 1. The second-order valence-electron chi connectivity index (χ2n) is 5.36. The largest absolute Gasteiger partial charge is 0.425 e. The summed E-state index contributed by atoms with van der Waals surface area (Å²) in [5, 5.41) is 0. The predicted octanol–water partition coefficient (Wildman–Crippen LogP) is 1.18. The normalized spacial score (nSPS) is 29.1. The van der Waals surface area contributed by atoms with Gasteiger partial charge in [0, 0.05) is 26.6 Å². The summed E-state index contributed by atoms with van der Waals surface area (Å²) < 4.78 is 10.2. The van der Waals surface area contributed by atoms with Gasteiger partial charge in [0.2, 0.25) is 0 Å². The Bertz CT molecular complexity index is 514. The summed E-state index contributed by atoms with van der Waals surface area (Å²) in [6, 6.07) is 10.1. The van der Waals surface area contributed by atoms with Crippen LogP contribution in [-0.2, 0) is 25.6 Å². The van der Waals surface area contributed by atoms with E-state index in [1.165, 1.54) is 12.5 Å². The smallest absolute Gasteiger partial charge is 0.313 e. The molecule has 5 nitrogen and oxygen atoms in total. The number of rotatable bonds is 3. The molecule has 0 bridgehead atoms.